The van der Waals surface area contributed by atoms with Gasteiger partial charge in [-0.1, -0.05) is 6.07 Å². The van der Waals surface area contributed by atoms with Crippen molar-refractivity contribution in [2.24, 2.45) is 0 Å². The summed E-state index contributed by atoms with van der Waals surface area (Å²) in [6.45, 7) is 1.43. The van der Waals surface area contributed by atoms with Crippen molar-refractivity contribution >= 4 is 11.5 Å². The second kappa shape index (κ2) is 4.87. The van der Waals surface area contributed by atoms with Gasteiger partial charge in [-0.25, -0.2) is 4.39 Å². The number of Topliss-reactive ketones (excluding diaryl/α,β-unsaturated/α-hetero) is 1. The Balaban J connectivity index is 2.30. The first-order valence-electron chi connectivity index (χ1n) is 5.40. The van der Waals surface area contributed by atoms with Crippen LogP contribution in [0.3, 0.4) is 0 Å². The molecule has 18 heavy (non-hydrogen) atoms. The Bertz CT molecular complexity index is 596. The van der Waals surface area contributed by atoms with E-state index in [9.17, 15) is 9.18 Å². The third kappa shape index (κ3) is 2.66. The molecule has 0 aromatic heterocycles. The summed E-state index contributed by atoms with van der Waals surface area (Å²) in [6, 6.07) is 10.5. The topological polar surface area (TPSA) is 52.3 Å². The summed E-state index contributed by atoms with van der Waals surface area (Å²) in [7, 11) is 0. The maximum atomic E-state index is 13.0. The normalized spacial score (nSPS) is 10.1. The van der Waals surface area contributed by atoms with Crippen LogP contribution < -0.4 is 10.5 Å². The molecule has 0 saturated heterocycles. The summed E-state index contributed by atoms with van der Waals surface area (Å²) >= 11 is 0. The van der Waals surface area contributed by atoms with Gasteiger partial charge in [0.1, 0.15) is 17.3 Å². The van der Waals surface area contributed by atoms with E-state index in [0.717, 1.165) is 0 Å². The average Bonchev–Trinajstić information content (AvgIpc) is 2.31. The van der Waals surface area contributed by atoms with Crippen molar-refractivity contribution in [3.05, 3.63) is 53.8 Å². The lowest BCUT2D eigenvalue weighted by molar-refractivity contribution is 0.101. The van der Waals surface area contributed by atoms with Crippen LogP contribution in [0.15, 0.2) is 42.5 Å². The third-order valence-electron chi connectivity index (χ3n) is 2.44. The highest BCUT2D eigenvalue weighted by molar-refractivity contribution is 5.99. The van der Waals surface area contributed by atoms with Gasteiger partial charge in [0.25, 0.3) is 0 Å². The number of carbonyl (C=O) groups excluding carboxylic acids is 1. The second-order valence-electron chi connectivity index (χ2n) is 3.86. The van der Waals surface area contributed by atoms with Gasteiger partial charge in [0.2, 0.25) is 0 Å². The zero-order chi connectivity index (χ0) is 13.1. The fourth-order valence-electron chi connectivity index (χ4n) is 1.57. The molecule has 0 fully saturated rings. The molecule has 0 saturated carbocycles. The van der Waals surface area contributed by atoms with Crippen LogP contribution in [0.25, 0.3) is 0 Å². The number of anilines is 1. The molecule has 2 aromatic rings. The van der Waals surface area contributed by atoms with Crippen LogP contribution in [0.2, 0.25) is 0 Å². The van der Waals surface area contributed by atoms with E-state index in [0.29, 0.717) is 22.7 Å². The van der Waals surface area contributed by atoms with Crippen molar-refractivity contribution in [1.29, 1.82) is 0 Å². The Hall–Kier alpha value is -2.36. The highest BCUT2D eigenvalue weighted by atomic mass is 19.1. The van der Waals surface area contributed by atoms with Gasteiger partial charge in [0, 0.05) is 17.3 Å². The van der Waals surface area contributed by atoms with Crippen molar-refractivity contribution in [3.63, 3.8) is 0 Å². The number of rotatable bonds is 3. The molecule has 2 N–H and O–H groups in total. The van der Waals surface area contributed by atoms with Crippen LogP contribution in [0.4, 0.5) is 10.1 Å². The maximum absolute atomic E-state index is 13.0. The zero-order valence-electron chi connectivity index (χ0n) is 9.81. The summed E-state index contributed by atoms with van der Waals surface area (Å²) in [6.07, 6.45) is 0. The lowest BCUT2D eigenvalue weighted by Gasteiger charge is -2.08. The summed E-state index contributed by atoms with van der Waals surface area (Å²) < 4.78 is 18.4. The predicted octanol–water partition coefficient (Wildman–Crippen LogP) is 3.40. The molecule has 0 amide bonds. The van der Waals surface area contributed by atoms with Crippen LogP contribution >= 0.6 is 0 Å². The highest BCUT2D eigenvalue weighted by Crippen LogP contribution is 2.25. The molecular formula is C14H12FNO2. The monoisotopic (exact) mass is 245 g/mol. The second-order valence-corrected chi connectivity index (χ2v) is 3.86. The Morgan fingerprint density at radius 2 is 1.89 bits per heavy atom. The molecule has 0 aliphatic heterocycles. The molecule has 0 aliphatic rings. The number of carbonyl (C=O) groups is 1. The van der Waals surface area contributed by atoms with Crippen LogP contribution in [-0.4, -0.2) is 5.78 Å². The first-order valence-corrected chi connectivity index (χ1v) is 5.40. The number of hydrogen-bond donors (Lipinski definition) is 1. The van der Waals surface area contributed by atoms with Crippen LogP contribution in [0.5, 0.6) is 11.5 Å². The Morgan fingerprint density at radius 1 is 1.17 bits per heavy atom. The molecule has 0 spiro atoms. The van der Waals surface area contributed by atoms with E-state index in [-0.39, 0.29) is 11.6 Å². The summed E-state index contributed by atoms with van der Waals surface area (Å²) in [5, 5.41) is 0. The highest BCUT2D eigenvalue weighted by Gasteiger charge is 2.07. The fourth-order valence-corrected chi connectivity index (χ4v) is 1.57. The van der Waals surface area contributed by atoms with Crippen LogP contribution in [0.1, 0.15) is 17.3 Å². The summed E-state index contributed by atoms with van der Waals surface area (Å²) in [5.74, 6) is 0.293. The Kier molecular flexibility index (Phi) is 3.28. The third-order valence-corrected chi connectivity index (χ3v) is 2.44. The van der Waals surface area contributed by atoms with E-state index in [2.05, 4.69) is 0 Å². The van der Waals surface area contributed by atoms with Gasteiger partial charge < -0.3 is 10.5 Å². The molecule has 0 unspecified atom stereocenters. The van der Waals surface area contributed by atoms with Crippen molar-refractivity contribution in [2.45, 2.75) is 6.92 Å². The van der Waals surface area contributed by atoms with Gasteiger partial charge >= 0.3 is 0 Å². The lowest BCUT2D eigenvalue weighted by Crippen LogP contribution is -1.99. The maximum Gasteiger partial charge on any atom is 0.162 e. The van der Waals surface area contributed by atoms with E-state index in [1.54, 1.807) is 30.3 Å². The molecule has 0 bridgehead atoms. The molecule has 3 nitrogen and oxygen atoms in total. The van der Waals surface area contributed by atoms with Gasteiger partial charge in [-0.3, -0.25) is 4.79 Å². The number of halogens is 1. The molecular weight excluding hydrogens is 233 g/mol. The van der Waals surface area contributed by atoms with Gasteiger partial charge in [0.15, 0.2) is 5.78 Å². The minimum atomic E-state index is -0.380. The van der Waals surface area contributed by atoms with Crippen molar-refractivity contribution in [1.82, 2.24) is 0 Å². The summed E-state index contributed by atoms with van der Waals surface area (Å²) in [4.78, 5) is 11.3. The SMILES string of the molecule is CC(=O)c1cc(Oc2cccc(F)c2)ccc1N. The number of benzene rings is 2. The van der Waals surface area contributed by atoms with E-state index in [4.69, 9.17) is 10.5 Å². The molecule has 92 valence electrons. The smallest absolute Gasteiger partial charge is 0.162 e. The van der Waals surface area contributed by atoms with Gasteiger partial charge in [0.05, 0.1) is 0 Å². The van der Waals surface area contributed by atoms with Crippen LogP contribution in [-0.2, 0) is 0 Å². The Morgan fingerprint density at radius 3 is 2.56 bits per heavy atom. The Labute approximate surface area is 104 Å². The summed E-state index contributed by atoms with van der Waals surface area (Å²) in [5.41, 5.74) is 6.46. The standard InChI is InChI=1S/C14H12FNO2/c1-9(17)13-8-12(5-6-14(13)16)18-11-4-2-3-10(15)7-11/h2-8H,16H2,1H3. The van der Waals surface area contributed by atoms with E-state index >= 15 is 0 Å². The number of ether oxygens (including phenoxy) is 1. The van der Waals surface area contributed by atoms with E-state index in [1.807, 2.05) is 0 Å². The van der Waals surface area contributed by atoms with Gasteiger partial charge in [-0.05, 0) is 37.3 Å². The lowest BCUT2D eigenvalue weighted by atomic mass is 10.1. The van der Waals surface area contributed by atoms with E-state index in [1.165, 1.54) is 19.1 Å². The predicted molar refractivity (Wildman–Crippen MR) is 67.3 cm³/mol. The first-order chi connectivity index (χ1) is 8.56. The molecule has 0 atom stereocenters. The molecule has 0 heterocycles. The van der Waals surface area contributed by atoms with Crippen molar-refractivity contribution < 1.29 is 13.9 Å². The van der Waals surface area contributed by atoms with Gasteiger partial charge in [-0.2, -0.15) is 0 Å². The molecule has 2 rings (SSSR count). The minimum absolute atomic E-state index is 0.141. The first kappa shape index (κ1) is 12.1. The zero-order valence-corrected chi connectivity index (χ0v) is 9.81. The van der Waals surface area contributed by atoms with Crippen molar-refractivity contribution in [2.75, 3.05) is 5.73 Å². The number of hydrogen-bond acceptors (Lipinski definition) is 3. The number of ketones is 1. The van der Waals surface area contributed by atoms with E-state index < -0.39 is 0 Å². The van der Waals surface area contributed by atoms with Gasteiger partial charge in [-0.15, -0.1) is 0 Å². The largest absolute Gasteiger partial charge is 0.457 e. The quantitative estimate of drug-likeness (QED) is 0.666. The van der Waals surface area contributed by atoms with Crippen molar-refractivity contribution in [3.8, 4) is 11.5 Å². The molecule has 0 aliphatic carbocycles. The number of nitrogens with two attached hydrogens (primary N) is 1. The minimum Gasteiger partial charge on any atom is -0.457 e. The fraction of sp³-hybridized carbons (Fsp3) is 0.0714. The van der Waals surface area contributed by atoms with Crippen LogP contribution in [0, 0.1) is 5.82 Å². The number of nitrogen functional groups attached to an aromatic ring is 1. The average molecular weight is 245 g/mol. The molecule has 4 heteroatoms. The molecule has 0 radical (unpaired) electrons. The molecule has 2 aromatic carbocycles.